The minimum Gasteiger partial charge on any atom is -0.444 e. The number of carbonyl (C=O) groups excluding carboxylic acids is 1. The van der Waals surface area contributed by atoms with E-state index in [0.717, 1.165) is 67.0 Å². The van der Waals surface area contributed by atoms with E-state index >= 15 is 0 Å². The van der Waals surface area contributed by atoms with Crippen molar-refractivity contribution in [3.8, 4) is 11.3 Å². The SMILES string of the molecule is CN1CCC(c2cc3c(-c4nc(NCC5CCN(C(=O)OC(C)(C)C)C5)ccc4Cl)ccnc3[nH]2)CC1. The van der Waals surface area contributed by atoms with Crippen LogP contribution in [0.3, 0.4) is 0 Å². The second-order valence-corrected chi connectivity index (χ2v) is 11.8. The number of aromatic nitrogens is 3. The zero-order valence-electron chi connectivity index (χ0n) is 22.2. The first kappa shape index (κ1) is 25.8. The van der Waals surface area contributed by atoms with Gasteiger partial charge < -0.3 is 24.8 Å². The number of amides is 1. The number of H-pyrrole nitrogens is 1. The van der Waals surface area contributed by atoms with Crippen LogP contribution < -0.4 is 5.32 Å². The number of likely N-dealkylation sites (tertiary alicyclic amines) is 2. The molecule has 0 spiro atoms. The summed E-state index contributed by atoms with van der Waals surface area (Å²) in [6.45, 7) is 10.0. The average molecular weight is 525 g/mol. The zero-order valence-corrected chi connectivity index (χ0v) is 22.9. The van der Waals surface area contributed by atoms with Crippen LogP contribution in [-0.2, 0) is 4.74 Å². The van der Waals surface area contributed by atoms with Crippen molar-refractivity contribution in [1.29, 1.82) is 0 Å². The number of nitrogens with one attached hydrogen (secondary N) is 2. The van der Waals surface area contributed by atoms with Crippen molar-refractivity contribution < 1.29 is 9.53 Å². The normalized spacial score (nSPS) is 19.5. The van der Waals surface area contributed by atoms with Gasteiger partial charge in [0.15, 0.2) is 0 Å². The highest BCUT2D eigenvalue weighted by molar-refractivity contribution is 6.33. The fourth-order valence-electron chi connectivity index (χ4n) is 5.26. The monoisotopic (exact) mass is 524 g/mol. The van der Waals surface area contributed by atoms with Crippen LogP contribution in [0.2, 0.25) is 5.02 Å². The first-order valence-electron chi connectivity index (χ1n) is 13.2. The second kappa shape index (κ2) is 10.5. The third-order valence-corrected chi connectivity index (χ3v) is 7.63. The smallest absolute Gasteiger partial charge is 0.410 e. The Morgan fingerprint density at radius 3 is 2.73 bits per heavy atom. The van der Waals surface area contributed by atoms with Crippen LogP contribution in [0.15, 0.2) is 30.5 Å². The number of rotatable bonds is 5. The van der Waals surface area contributed by atoms with Gasteiger partial charge in [-0.15, -0.1) is 0 Å². The molecule has 2 N–H and O–H groups in total. The van der Waals surface area contributed by atoms with Crippen molar-refractivity contribution in [1.82, 2.24) is 24.8 Å². The first-order valence-corrected chi connectivity index (χ1v) is 13.6. The molecule has 3 aromatic rings. The molecule has 5 heterocycles. The molecule has 2 aliphatic rings. The van der Waals surface area contributed by atoms with Gasteiger partial charge in [-0.3, -0.25) is 0 Å². The lowest BCUT2D eigenvalue weighted by molar-refractivity contribution is 0.0289. The highest BCUT2D eigenvalue weighted by atomic mass is 35.5. The summed E-state index contributed by atoms with van der Waals surface area (Å²) in [6.07, 6.45) is 4.79. The lowest BCUT2D eigenvalue weighted by Crippen LogP contribution is -2.35. The van der Waals surface area contributed by atoms with Crippen molar-refractivity contribution in [3.63, 3.8) is 0 Å². The maximum Gasteiger partial charge on any atom is 0.410 e. The van der Waals surface area contributed by atoms with Gasteiger partial charge in [0, 0.05) is 48.4 Å². The third-order valence-electron chi connectivity index (χ3n) is 7.32. The Kier molecular flexibility index (Phi) is 7.32. The predicted octanol–water partition coefficient (Wildman–Crippen LogP) is 5.76. The number of piperidine rings is 1. The molecule has 37 heavy (non-hydrogen) atoms. The Labute approximate surface area is 223 Å². The molecule has 1 amide bonds. The molecule has 2 aliphatic heterocycles. The van der Waals surface area contributed by atoms with Gasteiger partial charge >= 0.3 is 6.09 Å². The summed E-state index contributed by atoms with van der Waals surface area (Å²) in [6, 6.07) is 8.02. The van der Waals surface area contributed by atoms with Gasteiger partial charge in [0.05, 0.1) is 10.7 Å². The molecule has 0 bridgehead atoms. The zero-order chi connectivity index (χ0) is 26.2. The summed E-state index contributed by atoms with van der Waals surface area (Å²) >= 11 is 6.65. The number of fused-ring (bicyclic) bond motifs is 1. The molecule has 5 rings (SSSR count). The van der Waals surface area contributed by atoms with E-state index in [1.54, 1.807) is 4.90 Å². The maximum atomic E-state index is 12.4. The van der Waals surface area contributed by atoms with Gasteiger partial charge in [-0.2, -0.15) is 0 Å². The standard InChI is InChI=1S/C28H37ClN6O2/c1-28(2,3)37-27(36)35-14-8-18(17-35)16-31-24-6-5-22(29)25(33-24)20-7-11-30-26-21(20)15-23(32-26)19-9-12-34(4)13-10-19/h5-7,11,15,18-19H,8-10,12-14,16-17H2,1-4H3,(H,30,32)(H,31,33). The number of pyridine rings is 2. The molecule has 8 nitrogen and oxygen atoms in total. The minimum atomic E-state index is -0.483. The van der Waals surface area contributed by atoms with Gasteiger partial charge in [0.25, 0.3) is 0 Å². The molecule has 0 aliphatic carbocycles. The van der Waals surface area contributed by atoms with Crippen molar-refractivity contribution in [2.24, 2.45) is 5.92 Å². The van der Waals surface area contributed by atoms with Crippen molar-refractivity contribution in [3.05, 3.63) is 41.2 Å². The molecule has 9 heteroatoms. The topological polar surface area (TPSA) is 86.4 Å². The van der Waals surface area contributed by atoms with E-state index in [9.17, 15) is 4.79 Å². The van der Waals surface area contributed by atoms with E-state index < -0.39 is 5.60 Å². The van der Waals surface area contributed by atoms with Gasteiger partial charge in [-0.05, 0) is 90.4 Å². The lowest BCUT2D eigenvalue weighted by atomic mass is 9.93. The predicted molar refractivity (Wildman–Crippen MR) is 148 cm³/mol. The summed E-state index contributed by atoms with van der Waals surface area (Å²) in [5, 5.41) is 5.12. The number of aromatic amines is 1. The Bertz CT molecular complexity index is 1260. The van der Waals surface area contributed by atoms with Crippen molar-refractivity contribution in [2.75, 3.05) is 45.1 Å². The van der Waals surface area contributed by atoms with Crippen molar-refractivity contribution >= 4 is 34.5 Å². The Morgan fingerprint density at radius 2 is 1.97 bits per heavy atom. The molecule has 3 aromatic heterocycles. The van der Waals surface area contributed by atoms with Gasteiger partial charge in [-0.1, -0.05) is 11.6 Å². The summed E-state index contributed by atoms with van der Waals surface area (Å²) < 4.78 is 5.52. The molecule has 1 unspecified atom stereocenters. The quantitative estimate of drug-likeness (QED) is 0.441. The third kappa shape index (κ3) is 6.02. The van der Waals surface area contributed by atoms with E-state index in [4.69, 9.17) is 21.3 Å². The van der Waals surface area contributed by atoms with Crippen LogP contribution in [0.1, 0.15) is 51.6 Å². The maximum absolute atomic E-state index is 12.4. The van der Waals surface area contributed by atoms with E-state index in [0.29, 0.717) is 29.9 Å². The first-order chi connectivity index (χ1) is 17.7. The summed E-state index contributed by atoms with van der Waals surface area (Å²) in [5.74, 6) is 1.62. The summed E-state index contributed by atoms with van der Waals surface area (Å²) in [4.78, 5) is 29.6. The molecule has 2 saturated heterocycles. The van der Waals surface area contributed by atoms with E-state index in [1.807, 2.05) is 45.2 Å². The highest BCUT2D eigenvalue weighted by Crippen LogP contribution is 2.36. The lowest BCUT2D eigenvalue weighted by Gasteiger charge is -2.28. The largest absolute Gasteiger partial charge is 0.444 e. The van der Waals surface area contributed by atoms with Crippen molar-refractivity contribution in [2.45, 2.75) is 51.6 Å². The van der Waals surface area contributed by atoms with Gasteiger partial charge in [0.1, 0.15) is 17.1 Å². The van der Waals surface area contributed by atoms with Crippen LogP contribution in [0.25, 0.3) is 22.3 Å². The number of hydrogen-bond donors (Lipinski definition) is 2. The van der Waals surface area contributed by atoms with E-state index in [2.05, 4.69) is 33.3 Å². The summed E-state index contributed by atoms with van der Waals surface area (Å²) in [7, 11) is 2.18. The number of anilines is 1. The highest BCUT2D eigenvalue weighted by Gasteiger charge is 2.29. The molecule has 0 saturated carbocycles. The van der Waals surface area contributed by atoms with Crippen LogP contribution >= 0.6 is 11.6 Å². The second-order valence-electron chi connectivity index (χ2n) is 11.4. The number of carbonyl (C=O) groups is 1. The molecule has 0 radical (unpaired) electrons. The number of halogens is 1. The Morgan fingerprint density at radius 1 is 1.19 bits per heavy atom. The van der Waals surface area contributed by atoms with Crippen LogP contribution in [0, 0.1) is 5.92 Å². The number of hydrogen-bond acceptors (Lipinski definition) is 6. The van der Waals surface area contributed by atoms with E-state index in [-0.39, 0.29) is 6.09 Å². The Hall–Kier alpha value is -2.84. The molecular weight excluding hydrogens is 488 g/mol. The number of nitrogens with zero attached hydrogens (tertiary/aromatic N) is 4. The average Bonchev–Trinajstić information content (AvgIpc) is 3.50. The summed E-state index contributed by atoms with van der Waals surface area (Å²) in [5.41, 5.74) is 3.35. The van der Waals surface area contributed by atoms with Crippen LogP contribution in [-0.4, -0.2) is 76.2 Å². The number of ether oxygens (including phenoxy) is 1. The van der Waals surface area contributed by atoms with Gasteiger partial charge in [0.2, 0.25) is 0 Å². The van der Waals surface area contributed by atoms with Crippen LogP contribution in [0.5, 0.6) is 0 Å². The Balaban J connectivity index is 1.29. The van der Waals surface area contributed by atoms with Gasteiger partial charge in [-0.25, -0.2) is 14.8 Å². The molecule has 1 atom stereocenters. The van der Waals surface area contributed by atoms with E-state index in [1.165, 1.54) is 5.69 Å². The molecule has 198 valence electrons. The van der Waals surface area contributed by atoms with Crippen LogP contribution in [0.4, 0.5) is 10.6 Å². The fourth-order valence-corrected chi connectivity index (χ4v) is 5.47. The minimum absolute atomic E-state index is 0.241. The molecular formula is C28H37ClN6O2. The molecule has 2 fully saturated rings. The fraction of sp³-hybridized carbons (Fsp3) is 0.536. The molecule has 0 aromatic carbocycles.